The molecule has 1 radical (unpaired) electrons. The summed E-state index contributed by atoms with van der Waals surface area (Å²) in [5.41, 5.74) is 1.68. The van der Waals surface area contributed by atoms with E-state index in [1.165, 1.54) is 0 Å². The summed E-state index contributed by atoms with van der Waals surface area (Å²) in [6, 6.07) is 7.41. The SMILES string of the molecule is [CH2]c1cccc(NC(=O)N(C)CCCN(C)C)c1. The van der Waals surface area contributed by atoms with Crippen LogP contribution in [0.2, 0.25) is 0 Å². The second kappa shape index (κ2) is 7.01. The van der Waals surface area contributed by atoms with Crippen LogP contribution in [0, 0.1) is 6.92 Å². The molecule has 0 atom stereocenters. The minimum absolute atomic E-state index is 0.0839. The Bertz CT molecular complexity index is 390. The molecule has 0 saturated heterocycles. The van der Waals surface area contributed by atoms with Gasteiger partial charge >= 0.3 is 6.03 Å². The van der Waals surface area contributed by atoms with E-state index in [9.17, 15) is 4.79 Å². The molecule has 0 heterocycles. The summed E-state index contributed by atoms with van der Waals surface area (Å²) in [7, 11) is 5.86. The molecule has 0 unspecified atom stereocenters. The van der Waals surface area contributed by atoms with Crippen LogP contribution in [0.1, 0.15) is 12.0 Å². The van der Waals surface area contributed by atoms with Crippen LogP contribution in [0.5, 0.6) is 0 Å². The fraction of sp³-hybridized carbons (Fsp3) is 0.429. The highest BCUT2D eigenvalue weighted by Crippen LogP contribution is 2.10. The summed E-state index contributed by atoms with van der Waals surface area (Å²) < 4.78 is 0. The van der Waals surface area contributed by atoms with Crippen LogP contribution in [0.4, 0.5) is 10.5 Å². The van der Waals surface area contributed by atoms with Crippen molar-refractivity contribution in [2.75, 3.05) is 39.5 Å². The van der Waals surface area contributed by atoms with Crippen molar-refractivity contribution in [1.29, 1.82) is 0 Å². The van der Waals surface area contributed by atoms with Gasteiger partial charge in [0.05, 0.1) is 0 Å². The lowest BCUT2D eigenvalue weighted by atomic mass is 10.2. The van der Waals surface area contributed by atoms with Crippen molar-refractivity contribution < 1.29 is 4.79 Å². The lowest BCUT2D eigenvalue weighted by Crippen LogP contribution is -2.33. The molecule has 2 amide bonds. The summed E-state index contributed by atoms with van der Waals surface area (Å²) in [5.74, 6) is 0. The van der Waals surface area contributed by atoms with Gasteiger partial charge in [0.25, 0.3) is 0 Å². The van der Waals surface area contributed by atoms with Crippen molar-refractivity contribution in [2.45, 2.75) is 6.42 Å². The van der Waals surface area contributed by atoms with Gasteiger partial charge in [-0.3, -0.25) is 0 Å². The Morgan fingerprint density at radius 2 is 2.00 bits per heavy atom. The topological polar surface area (TPSA) is 35.6 Å². The Balaban J connectivity index is 2.40. The molecule has 1 aromatic carbocycles. The van der Waals surface area contributed by atoms with E-state index >= 15 is 0 Å². The van der Waals surface area contributed by atoms with Crippen molar-refractivity contribution >= 4 is 11.7 Å². The average Bonchev–Trinajstić information content (AvgIpc) is 2.28. The number of amides is 2. The molecule has 0 aliphatic carbocycles. The summed E-state index contributed by atoms with van der Waals surface area (Å²) >= 11 is 0. The van der Waals surface area contributed by atoms with Crippen LogP contribution >= 0.6 is 0 Å². The molecular weight excluding hydrogens is 226 g/mol. The predicted octanol–water partition coefficient (Wildman–Crippen LogP) is 2.28. The van der Waals surface area contributed by atoms with Crippen molar-refractivity contribution in [3.63, 3.8) is 0 Å². The van der Waals surface area contributed by atoms with Crippen molar-refractivity contribution in [2.24, 2.45) is 0 Å². The molecule has 0 aliphatic heterocycles. The van der Waals surface area contributed by atoms with Crippen molar-refractivity contribution in [1.82, 2.24) is 9.80 Å². The van der Waals surface area contributed by atoms with E-state index in [0.29, 0.717) is 0 Å². The molecular formula is C14H22N3O. The Morgan fingerprint density at radius 3 is 2.61 bits per heavy atom. The molecule has 1 rings (SSSR count). The molecule has 1 aromatic rings. The number of nitrogens with one attached hydrogen (secondary N) is 1. The van der Waals surface area contributed by atoms with Crippen molar-refractivity contribution in [3.8, 4) is 0 Å². The van der Waals surface area contributed by atoms with Crippen LogP contribution < -0.4 is 5.32 Å². The Morgan fingerprint density at radius 1 is 1.28 bits per heavy atom. The van der Waals surface area contributed by atoms with Gasteiger partial charge in [0.1, 0.15) is 0 Å². The Hall–Kier alpha value is -1.55. The first-order valence-electron chi connectivity index (χ1n) is 6.08. The third kappa shape index (κ3) is 5.19. The fourth-order valence-electron chi connectivity index (χ4n) is 1.59. The van der Waals surface area contributed by atoms with Crippen LogP contribution in [0.3, 0.4) is 0 Å². The maximum Gasteiger partial charge on any atom is 0.321 e. The van der Waals surface area contributed by atoms with Gasteiger partial charge in [-0.05, 0) is 51.7 Å². The smallest absolute Gasteiger partial charge is 0.321 e. The lowest BCUT2D eigenvalue weighted by Gasteiger charge is -2.19. The van der Waals surface area contributed by atoms with Gasteiger partial charge in [0.15, 0.2) is 0 Å². The van der Waals surface area contributed by atoms with Crippen LogP contribution in [-0.2, 0) is 0 Å². The number of rotatable bonds is 5. The fourth-order valence-corrected chi connectivity index (χ4v) is 1.59. The molecule has 0 aliphatic rings. The van der Waals surface area contributed by atoms with Crippen LogP contribution in [0.15, 0.2) is 24.3 Å². The first kappa shape index (κ1) is 14.5. The molecule has 18 heavy (non-hydrogen) atoms. The highest BCUT2D eigenvalue weighted by atomic mass is 16.2. The predicted molar refractivity (Wildman–Crippen MR) is 75.7 cm³/mol. The summed E-state index contributed by atoms with van der Waals surface area (Å²) in [5, 5.41) is 2.85. The number of carbonyl (C=O) groups excluding carboxylic acids is 1. The highest BCUT2D eigenvalue weighted by molar-refractivity contribution is 5.89. The summed E-state index contributed by atoms with van der Waals surface area (Å²) in [4.78, 5) is 15.7. The first-order chi connectivity index (χ1) is 8.49. The van der Waals surface area contributed by atoms with E-state index in [1.807, 2.05) is 38.4 Å². The number of urea groups is 1. The Labute approximate surface area is 110 Å². The third-order valence-corrected chi connectivity index (χ3v) is 2.62. The molecule has 0 aromatic heterocycles. The van der Waals surface area contributed by atoms with Gasteiger partial charge in [-0.25, -0.2) is 4.79 Å². The van der Waals surface area contributed by atoms with Gasteiger partial charge in [0.2, 0.25) is 0 Å². The van der Waals surface area contributed by atoms with Crippen molar-refractivity contribution in [3.05, 3.63) is 36.8 Å². The number of hydrogen-bond acceptors (Lipinski definition) is 2. The second-order valence-corrected chi connectivity index (χ2v) is 4.71. The molecule has 0 bridgehead atoms. The number of anilines is 1. The number of carbonyl (C=O) groups is 1. The molecule has 0 fully saturated rings. The average molecular weight is 248 g/mol. The zero-order chi connectivity index (χ0) is 13.5. The maximum absolute atomic E-state index is 11.9. The zero-order valence-electron chi connectivity index (χ0n) is 11.4. The minimum atomic E-state index is -0.0839. The number of benzene rings is 1. The quantitative estimate of drug-likeness (QED) is 0.867. The molecule has 1 N–H and O–H groups in total. The standard InChI is InChI=1S/C14H22N3O/c1-12-7-5-8-13(11-12)15-14(18)17(4)10-6-9-16(2)3/h5,7-8,11H,1,6,9-10H2,2-4H3,(H,15,18). The monoisotopic (exact) mass is 248 g/mol. The van der Waals surface area contributed by atoms with E-state index in [1.54, 1.807) is 11.9 Å². The molecule has 4 nitrogen and oxygen atoms in total. The first-order valence-corrected chi connectivity index (χ1v) is 6.08. The van der Waals surface area contributed by atoms with E-state index in [0.717, 1.165) is 30.8 Å². The molecule has 0 spiro atoms. The van der Waals surface area contributed by atoms with E-state index in [4.69, 9.17) is 0 Å². The van der Waals surface area contributed by atoms with Crippen LogP contribution in [-0.4, -0.2) is 50.1 Å². The maximum atomic E-state index is 11.9. The number of nitrogens with zero attached hydrogens (tertiary/aromatic N) is 2. The van der Waals surface area contributed by atoms with Gasteiger partial charge in [-0.1, -0.05) is 12.1 Å². The van der Waals surface area contributed by atoms with E-state index in [2.05, 4.69) is 17.1 Å². The lowest BCUT2D eigenvalue weighted by molar-refractivity contribution is 0.220. The zero-order valence-corrected chi connectivity index (χ0v) is 11.4. The minimum Gasteiger partial charge on any atom is -0.328 e. The highest BCUT2D eigenvalue weighted by Gasteiger charge is 2.08. The molecule has 0 saturated carbocycles. The van der Waals surface area contributed by atoms with Gasteiger partial charge in [-0.2, -0.15) is 0 Å². The van der Waals surface area contributed by atoms with Gasteiger partial charge in [-0.15, -0.1) is 0 Å². The molecule has 4 heteroatoms. The summed E-state index contributed by atoms with van der Waals surface area (Å²) in [6.07, 6.45) is 0.965. The second-order valence-electron chi connectivity index (χ2n) is 4.71. The largest absolute Gasteiger partial charge is 0.328 e. The number of hydrogen-bond donors (Lipinski definition) is 1. The summed E-state index contributed by atoms with van der Waals surface area (Å²) in [6.45, 7) is 5.55. The van der Waals surface area contributed by atoms with E-state index in [-0.39, 0.29) is 6.03 Å². The van der Waals surface area contributed by atoms with Crippen LogP contribution in [0.25, 0.3) is 0 Å². The normalized spacial score (nSPS) is 10.5. The van der Waals surface area contributed by atoms with E-state index < -0.39 is 0 Å². The molecule has 99 valence electrons. The van der Waals surface area contributed by atoms with Gasteiger partial charge < -0.3 is 15.1 Å². The van der Waals surface area contributed by atoms with Gasteiger partial charge in [0, 0.05) is 19.3 Å². The third-order valence-electron chi connectivity index (χ3n) is 2.62. The Kier molecular flexibility index (Phi) is 5.65.